The largest absolute Gasteiger partial charge is 0.464 e. The molecule has 0 aliphatic carbocycles. The third-order valence-electron chi connectivity index (χ3n) is 2.76. The van der Waals surface area contributed by atoms with Crippen LogP contribution in [0.2, 0.25) is 0 Å². The van der Waals surface area contributed by atoms with Crippen molar-refractivity contribution in [1.82, 2.24) is 0 Å². The second-order valence-corrected chi connectivity index (χ2v) is 5.11. The summed E-state index contributed by atoms with van der Waals surface area (Å²) in [5.41, 5.74) is 8.46. The number of hydrogen-bond acceptors (Lipinski definition) is 2. The summed E-state index contributed by atoms with van der Waals surface area (Å²) in [7, 11) is 0. The van der Waals surface area contributed by atoms with E-state index in [0.29, 0.717) is 0 Å². The molecular formula is C14H16BrNO. The fourth-order valence-corrected chi connectivity index (χ4v) is 2.49. The Morgan fingerprint density at radius 1 is 1.29 bits per heavy atom. The van der Waals surface area contributed by atoms with Crippen molar-refractivity contribution in [3.8, 4) is 0 Å². The van der Waals surface area contributed by atoms with Crippen LogP contribution in [0.1, 0.15) is 35.6 Å². The van der Waals surface area contributed by atoms with Crippen molar-refractivity contribution in [1.29, 1.82) is 0 Å². The zero-order valence-corrected chi connectivity index (χ0v) is 11.6. The van der Waals surface area contributed by atoms with Crippen molar-refractivity contribution < 1.29 is 4.42 Å². The first-order valence-corrected chi connectivity index (χ1v) is 6.50. The van der Waals surface area contributed by atoms with E-state index in [1.54, 1.807) is 0 Å². The standard InChI is InChI=1S/C14H16BrNO/c1-3-12-4-5-13(17-12)14(16)10-6-9(2)7-11(15)8-10/h4-8,14H,3,16H2,1-2H3. The molecule has 1 heterocycles. The molecular weight excluding hydrogens is 278 g/mol. The Balaban J connectivity index is 2.32. The maximum absolute atomic E-state index is 6.21. The van der Waals surface area contributed by atoms with E-state index in [9.17, 15) is 0 Å². The van der Waals surface area contributed by atoms with Crippen molar-refractivity contribution in [2.45, 2.75) is 26.3 Å². The Morgan fingerprint density at radius 2 is 2.06 bits per heavy atom. The number of hydrogen-bond donors (Lipinski definition) is 1. The molecule has 2 nitrogen and oxygen atoms in total. The molecule has 2 rings (SSSR count). The van der Waals surface area contributed by atoms with Crippen molar-refractivity contribution >= 4 is 15.9 Å². The molecule has 90 valence electrons. The quantitative estimate of drug-likeness (QED) is 0.930. The Morgan fingerprint density at radius 3 is 2.65 bits per heavy atom. The van der Waals surface area contributed by atoms with Gasteiger partial charge in [-0.15, -0.1) is 0 Å². The molecule has 0 saturated carbocycles. The normalized spacial score (nSPS) is 12.7. The molecule has 0 radical (unpaired) electrons. The van der Waals surface area contributed by atoms with Gasteiger partial charge in [-0.3, -0.25) is 0 Å². The molecule has 2 aromatic rings. The average Bonchev–Trinajstić information content (AvgIpc) is 2.75. The topological polar surface area (TPSA) is 39.2 Å². The van der Waals surface area contributed by atoms with Gasteiger partial charge in [0.2, 0.25) is 0 Å². The Bertz CT molecular complexity index is 498. The summed E-state index contributed by atoms with van der Waals surface area (Å²) in [5, 5.41) is 0. The molecule has 1 unspecified atom stereocenters. The predicted molar refractivity (Wildman–Crippen MR) is 73.0 cm³/mol. The summed E-state index contributed by atoms with van der Waals surface area (Å²) < 4.78 is 6.73. The zero-order valence-electron chi connectivity index (χ0n) is 10.0. The van der Waals surface area contributed by atoms with Gasteiger partial charge in [-0.2, -0.15) is 0 Å². The Kier molecular flexibility index (Phi) is 3.69. The highest BCUT2D eigenvalue weighted by Gasteiger charge is 2.13. The lowest BCUT2D eigenvalue weighted by Crippen LogP contribution is -2.11. The van der Waals surface area contributed by atoms with Gasteiger partial charge in [0.1, 0.15) is 11.5 Å². The summed E-state index contributed by atoms with van der Waals surface area (Å²) in [4.78, 5) is 0. The van der Waals surface area contributed by atoms with Crippen LogP contribution in [0.15, 0.2) is 39.2 Å². The van der Waals surface area contributed by atoms with Crippen LogP contribution in [0.25, 0.3) is 0 Å². The molecule has 0 aliphatic heterocycles. The lowest BCUT2D eigenvalue weighted by Gasteiger charge is -2.11. The highest BCUT2D eigenvalue weighted by Crippen LogP contribution is 2.25. The van der Waals surface area contributed by atoms with E-state index in [1.165, 1.54) is 5.56 Å². The van der Waals surface area contributed by atoms with Crippen LogP contribution in [0, 0.1) is 6.92 Å². The van der Waals surface area contributed by atoms with E-state index in [1.807, 2.05) is 18.2 Å². The summed E-state index contributed by atoms with van der Waals surface area (Å²) in [6.07, 6.45) is 0.893. The molecule has 1 aromatic carbocycles. The minimum atomic E-state index is -0.202. The molecule has 1 aromatic heterocycles. The van der Waals surface area contributed by atoms with Crippen LogP contribution < -0.4 is 5.73 Å². The van der Waals surface area contributed by atoms with E-state index < -0.39 is 0 Å². The molecule has 17 heavy (non-hydrogen) atoms. The number of rotatable bonds is 3. The molecule has 0 amide bonds. The minimum absolute atomic E-state index is 0.202. The third kappa shape index (κ3) is 2.79. The molecule has 2 N–H and O–H groups in total. The second-order valence-electron chi connectivity index (χ2n) is 4.20. The smallest absolute Gasteiger partial charge is 0.125 e. The minimum Gasteiger partial charge on any atom is -0.464 e. The summed E-state index contributed by atoms with van der Waals surface area (Å²) in [5.74, 6) is 1.79. The molecule has 0 aliphatic rings. The van der Waals surface area contributed by atoms with Gasteiger partial charge >= 0.3 is 0 Å². The maximum Gasteiger partial charge on any atom is 0.125 e. The molecule has 0 fully saturated rings. The summed E-state index contributed by atoms with van der Waals surface area (Å²) in [6, 6.07) is 9.93. The van der Waals surface area contributed by atoms with Crippen LogP contribution in [0.4, 0.5) is 0 Å². The van der Waals surface area contributed by atoms with Gasteiger partial charge in [-0.1, -0.05) is 28.9 Å². The number of aryl methyl sites for hydroxylation is 2. The van der Waals surface area contributed by atoms with Gasteiger partial charge < -0.3 is 10.2 Å². The molecule has 3 heteroatoms. The van der Waals surface area contributed by atoms with Crippen LogP contribution in [0.5, 0.6) is 0 Å². The average molecular weight is 294 g/mol. The fourth-order valence-electron chi connectivity index (χ4n) is 1.86. The van der Waals surface area contributed by atoms with E-state index >= 15 is 0 Å². The van der Waals surface area contributed by atoms with Crippen molar-refractivity contribution in [2.24, 2.45) is 5.73 Å². The Labute approximate surface area is 110 Å². The van der Waals surface area contributed by atoms with Gasteiger partial charge in [-0.25, -0.2) is 0 Å². The van der Waals surface area contributed by atoms with E-state index in [0.717, 1.165) is 28.0 Å². The van der Waals surface area contributed by atoms with Crippen molar-refractivity contribution in [3.05, 3.63) is 57.5 Å². The van der Waals surface area contributed by atoms with Crippen molar-refractivity contribution in [3.63, 3.8) is 0 Å². The zero-order chi connectivity index (χ0) is 12.4. The highest BCUT2D eigenvalue weighted by atomic mass is 79.9. The molecule has 0 saturated heterocycles. The first-order valence-electron chi connectivity index (χ1n) is 5.71. The number of benzene rings is 1. The maximum atomic E-state index is 6.21. The summed E-state index contributed by atoms with van der Waals surface area (Å²) in [6.45, 7) is 4.12. The lowest BCUT2D eigenvalue weighted by molar-refractivity contribution is 0.454. The summed E-state index contributed by atoms with van der Waals surface area (Å²) >= 11 is 3.49. The number of halogens is 1. The van der Waals surface area contributed by atoms with Gasteiger partial charge in [-0.05, 0) is 42.3 Å². The van der Waals surface area contributed by atoms with E-state index in [4.69, 9.17) is 10.2 Å². The van der Waals surface area contributed by atoms with Crippen LogP contribution in [0.3, 0.4) is 0 Å². The van der Waals surface area contributed by atoms with Gasteiger partial charge in [0.25, 0.3) is 0 Å². The molecule has 1 atom stereocenters. The second kappa shape index (κ2) is 5.07. The predicted octanol–water partition coefficient (Wildman–Crippen LogP) is 3.96. The van der Waals surface area contributed by atoms with E-state index in [-0.39, 0.29) is 6.04 Å². The lowest BCUT2D eigenvalue weighted by atomic mass is 10.0. The number of furan rings is 1. The SMILES string of the molecule is CCc1ccc(C(N)c2cc(C)cc(Br)c2)o1. The third-order valence-corrected chi connectivity index (χ3v) is 3.22. The first kappa shape index (κ1) is 12.4. The molecule has 0 bridgehead atoms. The van der Waals surface area contributed by atoms with Gasteiger partial charge in [0, 0.05) is 10.9 Å². The Hall–Kier alpha value is -1.06. The van der Waals surface area contributed by atoms with Crippen LogP contribution >= 0.6 is 15.9 Å². The van der Waals surface area contributed by atoms with Crippen LogP contribution in [-0.2, 0) is 6.42 Å². The number of nitrogens with two attached hydrogens (primary N) is 1. The first-order chi connectivity index (χ1) is 8.10. The van der Waals surface area contributed by atoms with Gasteiger partial charge in [0.05, 0.1) is 6.04 Å². The van der Waals surface area contributed by atoms with Crippen molar-refractivity contribution in [2.75, 3.05) is 0 Å². The van der Waals surface area contributed by atoms with E-state index in [2.05, 4.69) is 41.9 Å². The van der Waals surface area contributed by atoms with Gasteiger partial charge in [0.15, 0.2) is 0 Å². The van der Waals surface area contributed by atoms with Crippen LogP contribution in [-0.4, -0.2) is 0 Å². The highest BCUT2D eigenvalue weighted by molar-refractivity contribution is 9.10. The monoisotopic (exact) mass is 293 g/mol. The fraction of sp³-hybridized carbons (Fsp3) is 0.286. The molecule has 0 spiro atoms.